The van der Waals surface area contributed by atoms with Crippen molar-refractivity contribution in [1.29, 1.82) is 0 Å². The molecule has 0 saturated heterocycles. The molecule has 0 radical (unpaired) electrons. The predicted octanol–water partition coefficient (Wildman–Crippen LogP) is 3.06. The molecular weight excluding hydrogens is 242 g/mol. The van der Waals surface area contributed by atoms with Crippen molar-refractivity contribution in [2.45, 2.75) is 71.8 Å². The van der Waals surface area contributed by atoms with Gasteiger partial charge in [-0.1, -0.05) is 20.8 Å². The minimum atomic E-state index is -0.990. The summed E-state index contributed by atoms with van der Waals surface area (Å²) < 4.78 is 0. The molecule has 0 spiro atoms. The third-order valence-corrected chi connectivity index (χ3v) is 4.40. The van der Waals surface area contributed by atoms with Crippen molar-refractivity contribution in [3.05, 3.63) is 0 Å². The SMILES string of the molecule is CCCN(C(C)=O)C1(C(=O)O)CCCC(C)(C)CC1. The van der Waals surface area contributed by atoms with Crippen LogP contribution in [0.3, 0.4) is 0 Å². The lowest BCUT2D eigenvalue weighted by atomic mass is 9.82. The van der Waals surface area contributed by atoms with Gasteiger partial charge < -0.3 is 10.0 Å². The summed E-state index contributed by atoms with van der Waals surface area (Å²) in [5.74, 6) is -0.960. The molecular formula is C15H27NO3. The predicted molar refractivity (Wildman–Crippen MR) is 74.9 cm³/mol. The first-order valence-electron chi connectivity index (χ1n) is 7.27. The molecule has 1 aliphatic rings. The lowest BCUT2D eigenvalue weighted by Crippen LogP contribution is -2.56. The molecule has 1 amide bonds. The average Bonchev–Trinajstić information content (AvgIpc) is 2.45. The van der Waals surface area contributed by atoms with E-state index in [2.05, 4.69) is 13.8 Å². The van der Waals surface area contributed by atoms with Crippen LogP contribution in [0.1, 0.15) is 66.2 Å². The summed E-state index contributed by atoms with van der Waals surface area (Å²) >= 11 is 0. The Morgan fingerprint density at radius 3 is 2.26 bits per heavy atom. The molecule has 0 aromatic carbocycles. The number of rotatable bonds is 4. The van der Waals surface area contributed by atoms with E-state index in [9.17, 15) is 14.7 Å². The van der Waals surface area contributed by atoms with Crippen LogP contribution in [0, 0.1) is 5.41 Å². The van der Waals surface area contributed by atoms with E-state index in [1.807, 2.05) is 6.92 Å². The van der Waals surface area contributed by atoms with Crippen LogP contribution in [-0.4, -0.2) is 34.0 Å². The molecule has 19 heavy (non-hydrogen) atoms. The highest BCUT2D eigenvalue weighted by molar-refractivity contribution is 5.86. The fourth-order valence-electron chi connectivity index (χ4n) is 3.15. The molecule has 4 heteroatoms. The van der Waals surface area contributed by atoms with Gasteiger partial charge in [0.2, 0.25) is 5.91 Å². The molecule has 1 aliphatic carbocycles. The molecule has 0 heterocycles. The third-order valence-electron chi connectivity index (χ3n) is 4.40. The van der Waals surface area contributed by atoms with Gasteiger partial charge in [-0.25, -0.2) is 4.79 Å². The van der Waals surface area contributed by atoms with Crippen LogP contribution in [0.25, 0.3) is 0 Å². The van der Waals surface area contributed by atoms with E-state index in [0.29, 0.717) is 19.4 Å². The van der Waals surface area contributed by atoms with Crippen LogP contribution in [0.15, 0.2) is 0 Å². The van der Waals surface area contributed by atoms with Gasteiger partial charge >= 0.3 is 5.97 Å². The highest BCUT2D eigenvalue weighted by Crippen LogP contribution is 2.41. The second kappa shape index (κ2) is 5.93. The van der Waals surface area contributed by atoms with Gasteiger partial charge in [-0.3, -0.25) is 4.79 Å². The second-order valence-electron chi connectivity index (χ2n) is 6.53. The molecule has 1 fully saturated rings. The van der Waals surface area contributed by atoms with E-state index in [1.54, 1.807) is 4.90 Å². The van der Waals surface area contributed by atoms with Gasteiger partial charge in [0.15, 0.2) is 0 Å². The van der Waals surface area contributed by atoms with Crippen LogP contribution in [-0.2, 0) is 9.59 Å². The van der Waals surface area contributed by atoms with Gasteiger partial charge in [-0.05, 0) is 43.9 Å². The summed E-state index contributed by atoms with van der Waals surface area (Å²) in [6.07, 6.45) is 4.68. The highest BCUT2D eigenvalue weighted by atomic mass is 16.4. The lowest BCUT2D eigenvalue weighted by molar-refractivity contribution is -0.160. The Morgan fingerprint density at radius 2 is 1.79 bits per heavy atom. The number of aliphatic carboxylic acids is 1. The Morgan fingerprint density at radius 1 is 1.16 bits per heavy atom. The Kier molecular flexibility index (Phi) is 4.99. The fourth-order valence-corrected chi connectivity index (χ4v) is 3.15. The normalized spacial score (nSPS) is 26.5. The van der Waals surface area contributed by atoms with Crippen LogP contribution < -0.4 is 0 Å². The first-order chi connectivity index (χ1) is 8.75. The van der Waals surface area contributed by atoms with Gasteiger partial charge in [0.25, 0.3) is 0 Å². The van der Waals surface area contributed by atoms with Crippen molar-refractivity contribution >= 4 is 11.9 Å². The smallest absolute Gasteiger partial charge is 0.329 e. The van der Waals surface area contributed by atoms with E-state index in [1.165, 1.54) is 6.92 Å². The van der Waals surface area contributed by atoms with E-state index in [4.69, 9.17) is 0 Å². The number of carbonyl (C=O) groups excluding carboxylic acids is 1. The number of amides is 1. The van der Waals surface area contributed by atoms with Gasteiger partial charge in [0.1, 0.15) is 5.54 Å². The number of nitrogens with zero attached hydrogens (tertiary/aromatic N) is 1. The third kappa shape index (κ3) is 3.48. The summed E-state index contributed by atoms with van der Waals surface area (Å²) in [6, 6.07) is 0. The standard InChI is InChI=1S/C15H27NO3/c1-5-11-16(12(2)17)15(13(18)19)8-6-7-14(3,4)9-10-15/h5-11H2,1-4H3,(H,18,19). The minimum Gasteiger partial charge on any atom is -0.479 e. The first kappa shape index (κ1) is 16.0. The number of carboxylic acid groups (broad SMARTS) is 1. The van der Waals surface area contributed by atoms with Crippen LogP contribution in [0.4, 0.5) is 0 Å². The lowest BCUT2D eigenvalue weighted by Gasteiger charge is -2.40. The number of hydrogen-bond acceptors (Lipinski definition) is 2. The van der Waals surface area contributed by atoms with Crippen molar-refractivity contribution in [2.75, 3.05) is 6.54 Å². The number of carboxylic acids is 1. The molecule has 1 atom stereocenters. The Labute approximate surface area is 116 Å². The van der Waals surface area contributed by atoms with Gasteiger partial charge in [-0.15, -0.1) is 0 Å². The minimum absolute atomic E-state index is 0.121. The van der Waals surface area contributed by atoms with Gasteiger partial charge in [0.05, 0.1) is 0 Å². The maximum Gasteiger partial charge on any atom is 0.329 e. The van der Waals surface area contributed by atoms with Gasteiger partial charge in [0, 0.05) is 13.5 Å². The van der Waals surface area contributed by atoms with Crippen LogP contribution in [0.5, 0.6) is 0 Å². The molecule has 1 saturated carbocycles. The van der Waals surface area contributed by atoms with E-state index in [-0.39, 0.29) is 11.3 Å². The number of hydrogen-bond donors (Lipinski definition) is 1. The molecule has 4 nitrogen and oxygen atoms in total. The molecule has 110 valence electrons. The molecule has 1 rings (SSSR count). The van der Waals surface area contributed by atoms with Crippen LogP contribution in [0.2, 0.25) is 0 Å². The Hall–Kier alpha value is -1.06. The molecule has 0 aliphatic heterocycles. The van der Waals surface area contributed by atoms with Crippen molar-refractivity contribution in [3.63, 3.8) is 0 Å². The van der Waals surface area contributed by atoms with E-state index >= 15 is 0 Å². The van der Waals surface area contributed by atoms with Crippen molar-refractivity contribution in [3.8, 4) is 0 Å². The van der Waals surface area contributed by atoms with Crippen molar-refractivity contribution in [1.82, 2.24) is 4.90 Å². The summed E-state index contributed by atoms with van der Waals surface area (Å²) in [6.45, 7) is 8.36. The van der Waals surface area contributed by atoms with E-state index < -0.39 is 11.5 Å². The Balaban J connectivity index is 3.08. The average molecular weight is 269 g/mol. The highest BCUT2D eigenvalue weighted by Gasteiger charge is 2.47. The monoisotopic (exact) mass is 269 g/mol. The summed E-state index contributed by atoms with van der Waals surface area (Å²) in [7, 11) is 0. The molecule has 1 N–H and O–H groups in total. The maximum atomic E-state index is 11.9. The molecule has 1 unspecified atom stereocenters. The zero-order valence-corrected chi connectivity index (χ0v) is 12.7. The van der Waals surface area contributed by atoms with Crippen molar-refractivity contribution < 1.29 is 14.7 Å². The summed E-state index contributed by atoms with van der Waals surface area (Å²) in [5, 5.41) is 9.74. The fraction of sp³-hybridized carbons (Fsp3) is 0.867. The quantitative estimate of drug-likeness (QED) is 0.798. The maximum absolute atomic E-state index is 11.9. The zero-order chi connectivity index (χ0) is 14.7. The summed E-state index contributed by atoms with van der Waals surface area (Å²) in [4.78, 5) is 25.3. The van der Waals surface area contributed by atoms with Crippen LogP contribution >= 0.6 is 0 Å². The number of carbonyl (C=O) groups is 2. The topological polar surface area (TPSA) is 57.6 Å². The zero-order valence-electron chi connectivity index (χ0n) is 12.7. The Bertz CT molecular complexity index is 351. The first-order valence-corrected chi connectivity index (χ1v) is 7.27. The summed E-state index contributed by atoms with van der Waals surface area (Å²) in [5.41, 5.74) is -0.818. The van der Waals surface area contributed by atoms with E-state index in [0.717, 1.165) is 25.7 Å². The molecule has 0 bridgehead atoms. The largest absolute Gasteiger partial charge is 0.479 e. The van der Waals surface area contributed by atoms with Crippen molar-refractivity contribution in [2.24, 2.45) is 5.41 Å². The van der Waals surface area contributed by atoms with Gasteiger partial charge in [-0.2, -0.15) is 0 Å². The molecule has 0 aromatic heterocycles. The second-order valence-corrected chi connectivity index (χ2v) is 6.53. The molecule has 0 aromatic rings.